The van der Waals surface area contributed by atoms with Crippen LogP contribution in [0.3, 0.4) is 0 Å². The van der Waals surface area contributed by atoms with Crippen LogP contribution in [0.1, 0.15) is 23.7 Å². The first-order valence-corrected chi connectivity index (χ1v) is 1.90. The summed E-state index contributed by atoms with van der Waals surface area (Å²) in [5.41, 5.74) is 0. The van der Waals surface area contributed by atoms with Gasteiger partial charge in [0.25, 0.3) is 0 Å². The molecule has 0 rings (SSSR count). The fourth-order valence-corrected chi connectivity index (χ4v) is 0. The molecule has 0 aliphatic carbocycles. The predicted octanol–water partition coefficient (Wildman–Crippen LogP) is 1.88. The second kappa shape index (κ2) is 142. The topological polar surface area (TPSA) is 179 Å². The Labute approximate surface area is 111 Å². The number of hydrogen-bond acceptors (Lipinski definition) is 9. The molecule has 16 heavy (non-hydrogen) atoms. The van der Waals surface area contributed by atoms with E-state index >= 15 is 0 Å². The average Bonchev–Trinajstić information content (AvgIpc) is 2.10. The molecule has 0 aliphatic rings. The van der Waals surface area contributed by atoms with Crippen molar-refractivity contribution in [3.63, 3.8) is 0 Å². The third kappa shape index (κ3) is 77000. The molecule has 13 heteroatoms. The summed E-state index contributed by atoms with van der Waals surface area (Å²) in [5.74, 6) is 0. The van der Waals surface area contributed by atoms with E-state index in [1.165, 1.54) is 0 Å². The molecule has 1 radical (unpaired) electrons. The SMILES string of the molecule is C.C.C.O=NOO.O=O.O=[N+]([O-])[O-].[H+].[Mn].[O+]#[Mn]. The monoisotopic (exact) mass is 332 g/mol. The summed E-state index contributed by atoms with van der Waals surface area (Å²) in [7, 11) is 0. The van der Waals surface area contributed by atoms with Crippen molar-refractivity contribution in [2.75, 3.05) is 0 Å². The van der Waals surface area contributed by atoms with Gasteiger partial charge in [-0.1, -0.05) is 22.3 Å². The van der Waals surface area contributed by atoms with E-state index in [1.54, 1.807) is 21.1 Å². The summed E-state index contributed by atoms with van der Waals surface area (Å²) >= 11 is 1.69. The van der Waals surface area contributed by atoms with Gasteiger partial charge in [0, 0.05) is 27.0 Å². The molecule has 0 amide bonds. The quantitative estimate of drug-likeness (QED) is 0.189. The van der Waals surface area contributed by atoms with Gasteiger partial charge in [0.1, 0.15) is 0 Å². The van der Waals surface area contributed by atoms with Crippen molar-refractivity contribution in [1.82, 2.24) is 0 Å². The minimum absolute atomic E-state index is 0. The molecule has 1 N–H and O–H groups in total. The summed E-state index contributed by atoms with van der Waals surface area (Å²) < 4.78 is 8.06. The van der Waals surface area contributed by atoms with Crippen molar-refractivity contribution in [2.45, 2.75) is 22.3 Å². The maximum atomic E-state index is 8.45. The Kier molecular flexibility index (Phi) is 525. The fraction of sp³-hybridized carbons (Fsp3) is 1.00. The zero-order chi connectivity index (χ0) is 11.0. The minimum atomic E-state index is -1.75. The standard InChI is InChI=1S/3CH4.2Mn.HNO3.NO3.O2.O/c;;;;;2-1-4-3;2-1(3)4;1-2;/h3*1H4;;;3H;;;/q;;;;;;-1;;+1/p+1. The van der Waals surface area contributed by atoms with E-state index in [0.717, 1.165) is 0 Å². The van der Waals surface area contributed by atoms with Gasteiger partial charge >= 0.3 is 20.9 Å². The Morgan fingerprint density at radius 1 is 1.25 bits per heavy atom. The van der Waals surface area contributed by atoms with E-state index < -0.39 is 5.09 Å². The van der Waals surface area contributed by atoms with Crippen molar-refractivity contribution in [3.05, 3.63) is 30.2 Å². The van der Waals surface area contributed by atoms with E-state index in [2.05, 4.69) is 4.99 Å². The molecule has 0 atom stereocenters. The molecule has 0 fully saturated rings. The summed E-state index contributed by atoms with van der Waals surface area (Å²) in [5, 5.41) is 23.2. The third-order valence-electron chi connectivity index (χ3n) is 0.0333. The van der Waals surface area contributed by atoms with Crippen LogP contribution in [0.5, 0.6) is 0 Å². The molecule has 0 aliphatic heterocycles. The third-order valence-corrected chi connectivity index (χ3v) is 0.0333. The molecule has 103 valence electrons. The van der Waals surface area contributed by atoms with Gasteiger partial charge < -0.3 is 15.3 Å². The Balaban J connectivity index is -0.00000000680. The van der Waals surface area contributed by atoms with Gasteiger partial charge in [0.05, 0.1) is 5.09 Å². The molecule has 0 saturated heterocycles. The molecule has 0 aromatic rings. The van der Waals surface area contributed by atoms with E-state index in [-0.39, 0.29) is 40.8 Å². The Hall–Kier alpha value is -0.841. The van der Waals surface area contributed by atoms with Crippen LogP contribution in [0.25, 0.3) is 0 Å². The van der Waals surface area contributed by atoms with Gasteiger partial charge in [0.15, 0.2) is 5.34 Å². The zero-order valence-electron chi connectivity index (χ0n) is 6.36. The second-order valence-corrected chi connectivity index (χ2v) is 0.380. The van der Waals surface area contributed by atoms with Crippen molar-refractivity contribution in [2.24, 2.45) is 5.34 Å². The Morgan fingerprint density at radius 3 is 1.31 bits per heavy atom. The molecule has 0 unspecified atom stereocenters. The van der Waals surface area contributed by atoms with Crippen LogP contribution in [0.4, 0.5) is 0 Å². The Bertz CT molecular complexity index is 124. The first kappa shape index (κ1) is 59.3. The first-order chi connectivity index (χ1) is 5.65. The fourth-order valence-electron chi connectivity index (χ4n) is 0. The number of nitrogens with zero attached hydrogens (tertiary/aromatic N) is 2. The van der Waals surface area contributed by atoms with E-state index in [0.29, 0.717) is 0 Å². The predicted molar refractivity (Wildman–Crippen MR) is 48.6 cm³/mol. The molecule has 0 heterocycles. The van der Waals surface area contributed by atoms with E-state index in [4.69, 9.17) is 39.1 Å². The molecule has 0 bridgehead atoms. The van der Waals surface area contributed by atoms with Crippen LogP contribution in [0, 0.1) is 30.2 Å². The van der Waals surface area contributed by atoms with Gasteiger partial charge in [-0.25, -0.2) is 0 Å². The molecule has 0 spiro atoms. The summed E-state index contributed by atoms with van der Waals surface area (Å²) in [6, 6.07) is 0. The summed E-state index contributed by atoms with van der Waals surface area (Å²) in [6.07, 6.45) is 0. The van der Waals surface area contributed by atoms with Gasteiger partial charge in [-0.05, 0) is 0 Å². The summed E-state index contributed by atoms with van der Waals surface area (Å²) in [4.78, 5) is 33.3. The van der Waals surface area contributed by atoms with Crippen LogP contribution in [0.15, 0.2) is 5.34 Å². The number of rotatable bonds is 1. The van der Waals surface area contributed by atoms with Crippen molar-refractivity contribution < 1.29 is 53.3 Å². The zero-order valence-corrected chi connectivity index (χ0v) is 7.72. The molecule has 0 aromatic heterocycles. The second-order valence-electron chi connectivity index (χ2n) is 0.380. The van der Waals surface area contributed by atoms with Gasteiger partial charge in [-0.15, -0.1) is 4.91 Å². The van der Waals surface area contributed by atoms with E-state index in [9.17, 15) is 0 Å². The van der Waals surface area contributed by atoms with Crippen molar-refractivity contribution in [1.29, 1.82) is 0 Å². The molecular weight excluding hydrogens is 318 g/mol. The molecule has 11 nitrogen and oxygen atoms in total. The van der Waals surface area contributed by atoms with Crippen LogP contribution >= 0.6 is 0 Å². The first-order valence-electron chi connectivity index (χ1n) is 1.42. The van der Waals surface area contributed by atoms with E-state index in [1.807, 2.05) is 0 Å². The molecular formula is C3H14Mn2N2O9+. The summed E-state index contributed by atoms with van der Waals surface area (Å²) in [6.45, 7) is 0. The van der Waals surface area contributed by atoms with Crippen LogP contribution in [-0.2, 0) is 41.5 Å². The van der Waals surface area contributed by atoms with Gasteiger partial charge in [-0.2, -0.15) is 10.2 Å². The van der Waals surface area contributed by atoms with Gasteiger partial charge in [0.2, 0.25) is 0 Å². The molecule has 0 saturated carbocycles. The van der Waals surface area contributed by atoms with Crippen LogP contribution in [0.2, 0.25) is 0 Å². The average molecular weight is 332 g/mol. The van der Waals surface area contributed by atoms with Gasteiger partial charge in [-0.3, -0.25) is 0 Å². The number of hydrogen-bond donors (Lipinski definition) is 1. The van der Waals surface area contributed by atoms with Crippen molar-refractivity contribution in [3.8, 4) is 0 Å². The van der Waals surface area contributed by atoms with Crippen LogP contribution in [-0.4, -0.2) is 10.3 Å². The maximum absolute atomic E-state index is 8.45. The Morgan fingerprint density at radius 2 is 1.31 bits per heavy atom. The van der Waals surface area contributed by atoms with Crippen LogP contribution < -0.4 is 0 Å². The molecule has 0 aromatic carbocycles. The van der Waals surface area contributed by atoms with Crippen molar-refractivity contribution >= 4 is 0 Å². The normalized spacial score (nSPS) is 3.25.